The van der Waals surface area contributed by atoms with Gasteiger partial charge >= 0.3 is 31.8 Å². The average molecular weight is 1800 g/mol. The molecule has 0 aliphatic carbocycles. The number of thiophene rings is 5. The van der Waals surface area contributed by atoms with Gasteiger partial charge in [-0.05, 0) is 172 Å². The average Bonchev–Trinajstić information content (AvgIpc) is 1.65. The Labute approximate surface area is 667 Å². The van der Waals surface area contributed by atoms with Crippen molar-refractivity contribution in [3.8, 4) is 45.1 Å². The van der Waals surface area contributed by atoms with Crippen LogP contribution in [0.2, 0.25) is 10.0 Å². The summed E-state index contributed by atoms with van der Waals surface area (Å²) in [6.45, 7) is 1.65. The number of alkyl halides is 6. The summed E-state index contributed by atoms with van der Waals surface area (Å²) in [4.78, 5) is 57.3. The molecule has 5 nitrogen and oxygen atoms in total. The van der Waals surface area contributed by atoms with Crippen molar-refractivity contribution in [3.05, 3.63) is 333 Å². The third-order valence-corrected chi connectivity index (χ3v) is 21.4. The molecule has 15 rings (SSSR count). The zero-order chi connectivity index (χ0) is 73.2. The van der Waals surface area contributed by atoms with Gasteiger partial charge in [-0.15, -0.1) is 74.7 Å². The van der Waals surface area contributed by atoms with Crippen LogP contribution < -0.4 is 0 Å². The van der Waals surface area contributed by atoms with Gasteiger partial charge in [0.25, 0.3) is 0 Å². The van der Waals surface area contributed by atoms with Crippen molar-refractivity contribution in [1.29, 1.82) is 0 Å². The SMILES string of the molecule is C#CC.Clc1ccc(I)cc1.FC(F)(F)c1cccc(I)c1.O=Cc1[c-]sc2ccccc12.O=Cc1c(-c2ccc(Cl)cc2)sc2ccccc12.O=Cc1c(-c2cccc(C(F)(F)F)c2)sc2ccccc12.O=Cc1c(C#Cc2ccccc2)sc2ccccc12.O=Cc1csc2ccccc12.[CH3-].[Zn+2]. The van der Waals surface area contributed by atoms with E-state index < -0.39 is 23.5 Å². The van der Waals surface area contributed by atoms with Crippen LogP contribution in [0, 0.1) is 44.1 Å². The van der Waals surface area contributed by atoms with Gasteiger partial charge in [0.2, 0.25) is 0 Å². The maximum absolute atomic E-state index is 12.8. The topological polar surface area (TPSA) is 85.3 Å². The number of aldehydes is 5. The van der Waals surface area contributed by atoms with Crippen LogP contribution in [0.4, 0.5) is 26.3 Å². The van der Waals surface area contributed by atoms with E-state index in [-0.39, 0.29) is 26.9 Å². The summed E-state index contributed by atoms with van der Waals surface area (Å²) in [5.41, 5.74) is 4.46. The molecule has 518 valence electrons. The summed E-state index contributed by atoms with van der Waals surface area (Å²) in [6, 6.07) is 74.2. The number of benzene rings is 10. The molecule has 104 heavy (non-hydrogen) atoms. The van der Waals surface area contributed by atoms with Crippen molar-refractivity contribution in [3.63, 3.8) is 0 Å². The monoisotopic (exact) mass is 1790 g/mol. The largest absolute Gasteiger partial charge is 2.00 e. The van der Waals surface area contributed by atoms with Crippen LogP contribution in [0.25, 0.3) is 71.3 Å². The second-order valence-electron chi connectivity index (χ2n) is 20.8. The maximum atomic E-state index is 12.8. The minimum atomic E-state index is -4.39. The van der Waals surface area contributed by atoms with Crippen LogP contribution in [0.15, 0.2) is 254 Å². The molecule has 0 spiro atoms. The molecule has 0 saturated carbocycles. The minimum Gasteiger partial charge on any atom is -0.358 e. The van der Waals surface area contributed by atoms with Gasteiger partial charge in [-0.1, -0.05) is 179 Å². The van der Waals surface area contributed by atoms with Crippen molar-refractivity contribution in [2.45, 2.75) is 19.3 Å². The molecular weight excluding hydrogens is 1740 g/mol. The molecule has 0 aliphatic heterocycles. The van der Waals surface area contributed by atoms with E-state index in [1.54, 1.807) is 65.2 Å². The fourth-order valence-electron chi connectivity index (χ4n) is 9.37. The normalized spacial score (nSPS) is 10.2. The molecule has 0 unspecified atom stereocenters. The molecule has 0 fully saturated rings. The molecular formula is C83H54Cl2F6I2O5S5Zn. The molecule has 0 atom stereocenters. The van der Waals surface area contributed by atoms with E-state index in [2.05, 4.69) is 52.2 Å². The van der Waals surface area contributed by atoms with E-state index in [0.29, 0.717) is 42.0 Å². The molecule has 15 aromatic rings. The molecule has 21 heteroatoms. The van der Waals surface area contributed by atoms with E-state index in [0.717, 1.165) is 132 Å². The first-order valence-electron chi connectivity index (χ1n) is 30.0. The smallest absolute Gasteiger partial charge is 0.358 e. The predicted octanol–water partition coefficient (Wildman–Crippen LogP) is 27.1. The van der Waals surface area contributed by atoms with Crippen molar-refractivity contribution in [2.75, 3.05) is 0 Å². The number of hydrogen-bond donors (Lipinski definition) is 0. The Morgan fingerprint density at radius 2 is 0.865 bits per heavy atom. The quantitative estimate of drug-likeness (QED) is 0.0396. The molecule has 10 aromatic carbocycles. The Morgan fingerprint density at radius 1 is 0.433 bits per heavy atom. The summed E-state index contributed by atoms with van der Waals surface area (Å²) in [6.07, 6.45) is 0.262. The van der Waals surface area contributed by atoms with Gasteiger partial charge in [-0.2, -0.15) is 26.3 Å². The number of carbonyl (C=O) groups is 5. The Kier molecular flexibility index (Phi) is 34.2. The third-order valence-electron chi connectivity index (χ3n) is 14.1. The molecule has 0 saturated heterocycles. The third kappa shape index (κ3) is 23.9. The Hall–Kier alpha value is -8.29. The number of rotatable bonds is 7. The van der Waals surface area contributed by atoms with Crippen molar-refractivity contribution in [1.82, 2.24) is 0 Å². The molecule has 0 amide bonds. The molecule has 0 aliphatic rings. The Morgan fingerprint density at radius 3 is 1.35 bits per heavy atom. The van der Waals surface area contributed by atoms with Crippen LogP contribution in [0.1, 0.15) is 80.3 Å². The van der Waals surface area contributed by atoms with Crippen molar-refractivity contribution in [2.24, 2.45) is 0 Å². The van der Waals surface area contributed by atoms with Crippen LogP contribution in [-0.4, -0.2) is 31.4 Å². The summed E-state index contributed by atoms with van der Waals surface area (Å²) < 4.78 is 81.5. The summed E-state index contributed by atoms with van der Waals surface area (Å²) >= 11 is 23.2. The van der Waals surface area contributed by atoms with E-state index in [4.69, 9.17) is 23.2 Å². The molecule has 5 aromatic heterocycles. The summed E-state index contributed by atoms with van der Waals surface area (Å²) in [5.74, 6) is 8.46. The van der Waals surface area contributed by atoms with E-state index in [9.17, 15) is 50.3 Å². The molecule has 5 heterocycles. The number of carbonyl (C=O) groups excluding carboxylic acids is 5. The number of terminal acetylenes is 1. The van der Waals surface area contributed by atoms with Crippen LogP contribution >= 0.6 is 125 Å². The second-order valence-corrected chi connectivity index (χ2v) is 29.1. The van der Waals surface area contributed by atoms with E-state index in [1.165, 1.54) is 43.1 Å². The van der Waals surface area contributed by atoms with Crippen molar-refractivity contribution < 1.29 is 69.8 Å². The van der Waals surface area contributed by atoms with Gasteiger partial charge in [0, 0.05) is 100 Å². The Bertz CT molecular complexity index is 5340. The maximum Gasteiger partial charge on any atom is 2.00 e. The van der Waals surface area contributed by atoms with Crippen molar-refractivity contribution >= 4 is 207 Å². The van der Waals surface area contributed by atoms with Crippen LogP contribution in [0.5, 0.6) is 0 Å². The molecule has 0 radical (unpaired) electrons. The second kappa shape index (κ2) is 42.0. The first kappa shape index (κ1) is 84.6. The van der Waals surface area contributed by atoms with Crippen LogP contribution in [0.3, 0.4) is 0 Å². The number of halogens is 10. The number of hydrogen-bond acceptors (Lipinski definition) is 10. The predicted molar refractivity (Wildman–Crippen MR) is 437 cm³/mol. The van der Waals surface area contributed by atoms with Crippen LogP contribution in [-0.2, 0) is 31.8 Å². The first-order chi connectivity index (χ1) is 49.2. The number of fused-ring (bicyclic) bond motifs is 5. The van der Waals surface area contributed by atoms with E-state index >= 15 is 0 Å². The van der Waals surface area contributed by atoms with Gasteiger partial charge in [-0.25, -0.2) is 0 Å². The fraction of sp³-hybridized carbons (Fsp3) is 0.0361. The minimum absolute atomic E-state index is 0. The zero-order valence-electron chi connectivity index (χ0n) is 54.8. The van der Waals surface area contributed by atoms with E-state index in [1.807, 2.05) is 216 Å². The van der Waals surface area contributed by atoms with Gasteiger partial charge in [0.05, 0.1) is 22.3 Å². The first-order valence-corrected chi connectivity index (χ1v) is 37.1. The molecule has 0 N–H and O–H groups in total. The van der Waals surface area contributed by atoms with Gasteiger partial charge in [0.15, 0.2) is 25.1 Å². The van der Waals surface area contributed by atoms with Gasteiger partial charge in [-0.3, -0.25) is 30.5 Å². The summed E-state index contributed by atoms with van der Waals surface area (Å²) in [5, 5.41) is 11.2. The standard InChI is InChI=1S/C17H10OS.C16H9F3OS.C15H9ClOS.C9H6OS.C9H5OS.C7H4F3I.C6H4ClI.C3H4.CH3.Zn/c18-12-15-14-8-4-5-9-16(14)19-17(15)11-10-13-6-2-1-3-7-13;17-16(18,19)11-5-3-4-10(8-11)15-13(9-20)12-6-1-2-7-14(12)21-15;16-11-7-5-10(6-8-11)15-13(9-17)12-3-1-2-4-14(12)18-15;2*10-5-7-6-11-9-4-2-1-3-8(7)9;8-7(9,10)5-2-1-3-6(11)4-5;7-5-1-3-6(8)4-2-5;1-3-2;;/h1-9,12H;1-9H;1-9H;1-6H;1-5H;1-4H;1-4H;1H,2H3;1H3;/q;;;;-1;;;;-1;+2. The summed E-state index contributed by atoms with van der Waals surface area (Å²) in [7, 11) is 0. The fourth-order valence-corrected chi connectivity index (χ4v) is 15.6. The van der Waals surface area contributed by atoms with Gasteiger partial charge in [0.1, 0.15) is 0 Å². The Balaban J connectivity index is 0.000000192. The van der Waals surface area contributed by atoms with Gasteiger partial charge < -0.3 is 12.2 Å². The zero-order valence-corrected chi connectivity index (χ0v) is 67.7. The molecule has 0 bridgehead atoms.